The number of aliphatic hydroxyl groups excluding tert-OH is 1. The smallest absolute Gasteiger partial charge is 0.0545 e. The minimum Gasteiger partial charge on any atom is -0.393 e. The van der Waals surface area contributed by atoms with Crippen LogP contribution in [0.2, 0.25) is 0 Å². The van der Waals surface area contributed by atoms with Gasteiger partial charge in [0.25, 0.3) is 0 Å². The van der Waals surface area contributed by atoms with Crippen LogP contribution >= 0.6 is 0 Å². The van der Waals surface area contributed by atoms with E-state index in [0.717, 1.165) is 19.3 Å². The minimum atomic E-state index is -0.0539. The molecule has 1 heteroatoms. The molecular weight excluding hydrogens is 112 g/mol. The summed E-state index contributed by atoms with van der Waals surface area (Å²) in [6.45, 7) is 3.71. The first kappa shape index (κ1) is 6.81. The van der Waals surface area contributed by atoms with Crippen molar-refractivity contribution in [2.24, 2.45) is 5.92 Å². The quantitative estimate of drug-likeness (QED) is 0.530. The number of hydrogen-bond acceptors (Lipinski definition) is 1. The van der Waals surface area contributed by atoms with Gasteiger partial charge in [0.1, 0.15) is 0 Å². The lowest BCUT2D eigenvalue weighted by molar-refractivity contribution is 0.113. The topological polar surface area (TPSA) is 20.2 Å². The van der Waals surface area contributed by atoms with Crippen LogP contribution in [0.1, 0.15) is 25.7 Å². The zero-order valence-corrected chi connectivity index (χ0v) is 5.71. The molecule has 0 saturated heterocycles. The maximum Gasteiger partial charge on any atom is 0.0545 e. The summed E-state index contributed by atoms with van der Waals surface area (Å²) in [6.07, 6.45) is 6.22. The third-order valence-corrected chi connectivity index (χ3v) is 2.02. The molecule has 0 bridgehead atoms. The fourth-order valence-electron chi connectivity index (χ4n) is 1.41. The van der Waals surface area contributed by atoms with Gasteiger partial charge in [0.15, 0.2) is 0 Å². The molecule has 9 heavy (non-hydrogen) atoms. The van der Waals surface area contributed by atoms with E-state index >= 15 is 0 Å². The third-order valence-electron chi connectivity index (χ3n) is 2.02. The Kier molecular flexibility index (Phi) is 2.29. The molecule has 1 nitrogen and oxygen atoms in total. The highest BCUT2D eigenvalue weighted by Gasteiger charge is 2.16. The second kappa shape index (κ2) is 3.02. The van der Waals surface area contributed by atoms with E-state index < -0.39 is 0 Å². The monoisotopic (exact) mass is 126 g/mol. The first-order valence-corrected chi connectivity index (χ1v) is 3.63. The molecule has 1 aliphatic carbocycles. The summed E-state index contributed by atoms with van der Waals surface area (Å²) < 4.78 is 0. The van der Waals surface area contributed by atoms with Crippen LogP contribution in [-0.4, -0.2) is 11.2 Å². The number of rotatable bonds is 1. The maximum atomic E-state index is 9.16. The lowest BCUT2D eigenvalue weighted by Gasteiger charge is -2.22. The van der Waals surface area contributed by atoms with Gasteiger partial charge in [0, 0.05) is 0 Å². The Balaban J connectivity index is 2.31. The standard InChI is InChI=1S/C8H14O/c1-2-7-4-3-5-8(9)6-7/h2,7-9H,1,3-6H2/t7?,8-/m0/s1. The van der Waals surface area contributed by atoms with Gasteiger partial charge in [-0.05, 0) is 25.2 Å². The van der Waals surface area contributed by atoms with E-state index in [-0.39, 0.29) is 6.10 Å². The van der Waals surface area contributed by atoms with Crippen LogP contribution in [-0.2, 0) is 0 Å². The summed E-state index contributed by atoms with van der Waals surface area (Å²) in [5.74, 6) is 0.578. The van der Waals surface area contributed by atoms with Crippen molar-refractivity contribution in [2.75, 3.05) is 0 Å². The average molecular weight is 126 g/mol. The van der Waals surface area contributed by atoms with Gasteiger partial charge in [-0.15, -0.1) is 6.58 Å². The molecule has 0 heterocycles. The van der Waals surface area contributed by atoms with Crippen molar-refractivity contribution in [3.05, 3.63) is 12.7 Å². The Hall–Kier alpha value is -0.300. The number of hydrogen-bond donors (Lipinski definition) is 1. The Labute approximate surface area is 56.4 Å². The van der Waals surface area contributed by atoms with Gasteiger partial charge >= 0.3 is 0 Å². The van der Waals surface area contributed by atoms with Crippen LogP contribution in [0.5, 0.6) is 0 Å². The highest BCUT2D eigenvalue weighted by molar-refractivity contribution is 4.84. The van der Waals surface area contributed by atoms with Gasteiger partial charge in [-0.25, -0.2) is 0 Å². The van der Waals surface area contributed by atoms with Crippen LogP contribution in [0.15, 0.2) is 12.7 Å². The van der Waals surface area contributed by atoms with Crippen LogP contribution < -0.4 is 0 Å². The molecule has 1 unspecified atom stereocenters. The number of aliphatic hydroxyl groups is 1. The van der Waals surface area contributed by atoms with E-state index in [4.69, 9.17) is 5.11 Å². The Morgan fingerprint density at radius 3 is 2.67 bits per heavy atom. The molecule has 0 spiro atoms. The van der Waals surface area contributed by atoms with Gasteiger partial charge in [-0.3, -0.25) is 0 Å². The van der Waals surface area contributed by atoms with Crippen LogP contribution in [0.3, 0.4) is 0 Å². The normalized spacial score (nSPS) is 36.1. The van der Waals surface area contributed by atoms with Gasteiger partial charge < -0.3 is 5.11 Å². The summed E-state index contributed by atoms with van der Waals surface area (Å²) >= 11 is 0. The van der Waals surface area contributed by atoms with Gasteiger partial charge in [-0.2, -0.15) is 0 Å². The molecule has 0 aliphatic heterocycles. The Bertz CT molecular complexity index is 98.7. The fraction of sp³-hybridized carbons (Fsp3) is 0.750. The number of allylic oxidation sites excluding steroid dienone is 1. The SMILES string of the molecule is C=CC1CCC[C@H](O)C1. The van der Waals surface area contributed by atoms with Crippen LogP contribution in [0.4, 0.5) is 0 Å². The van der Waals surface area contributed by atoms with Crippen molar-refractivity contribution in [1.29, 1.82) is 0 Å². The fourth-order valence-corrected chi connectivity index (χ4v) is 1.41. The first-order chi connectivity index (χ1) is 4.33. The van der Waals surface area contributed by atoms with E-state index in [9.17, 15) is 0 Å². The second-order valence-electron chi connectivity index (χ2n) is 2.82. The predicted molar refractivity (Wildman–Crippen MR) is 38.2 cm³/mol. The van der Waals surface area contributed by atoms with Crippen molar-refractivity contribution >= 4 is 0 Å². The van der Waals surface area contributed by atoms with Crippen molar-refractivity contribution in [1.82, 2.24) is 0 Å². The molecular formula is C8H14O. The van der Waals surface area contributed by atoms with Crippen molar-refractivity contribution in [2.45, 2.75) is 31.8 Å². The van der Waals surface area contributed by atoms with Gasteiger partial charge in [-0.1, -0.05) is 12.5 Å². The van der Waals surface area contributed by atoms with Crippen LogP contribution in [0.25, 0.3) is 0 Å². The molecule has 1 N–H and O–H groups in total. The molecule has 0 aromatic carbocycles. The van der Waals surface area contributed by atoms with E-state index in [1.165, 1.54) is 6.42 Å². The molecule has 1 fully saturated rings. The maximum absolute atomic E-state index is 9.16. The molecule has 2 atom stereocenters. The molecule has 0 aromatic rings. The van der Waals surface area contributed by atoms with Crippen LogP contribution in [0, 0.1) is 5.92 Å². The lowest BCUT2D eigenvalue weighted by Crippen LogP contribution is -2.17. The summed E-state index contributed by atoms with van der Waals surface area (Å²) in [4.78, 5) is 0. The molecule has 0 radical (unpaired) electrons. The highest BCUT2D eigenvalue weighted by atomic mass is 16.3. The molecule has 1 rings (SSSR count). The van der Waals surface area contributed by atoms with E-state index in [1.807, 2.05) is 6.08 Å². The summed E-state index contributed by atoms with van der Waals surface area (Å²) in [5, 5.41) is 9.16. The zero-order chi connectivity index (χ0) is 6.69. The predicted octanol–water partition coefficient (Wildman–Crippen LogP) is 1.72. The van der Waals surface area contributed by atoms with Gasteiger partial charge in [0.05, 0.1) is 6.10 Å². The van der Waals surface area contributed by atoms with Crippen molar-refractivity contribution in [3.8, 4) is 0 Å². The lowest BCUT2D eigenvalue weighted by atomic mass is 9.87. The zero-order valence-electron chi connectivity index (χ0n) is 5.71. The average Bonchev–Trinajstić information content (AvgIpc) is 1.88. The van der Waals surface area contributed by atoms with E-state index in [0.29, 0.717) is 5.92 Å². The summed E-state index contributed by atoms with van der Waals surface area (Å²) in [6, 6.07) is 0. The summed E-state index contributed by atoms with van der Waals surface area (Å²) in [5.41, 5.74) is 0. The molecule has 0 aromatic heterocycles. The first-order valence-electron chi connectivity index (χ1n) is 3.63. The molecule has 1 saturated carbocycles. The Morgan fingerprint density at radius 1 is 1.44 bits per heavy atom. The van der Waals surface area contributed by atoms with Crippen molar-refractivity contribution in [3.63, 3.8) is 0 Å². The largest absolute Gasteiger partial charge is 0.393 e. The molecule has 1 aliphatic rings. The second-order valence-corrected chi connectivity index (χ2v) is 2.82. The van der Waals surface area contributed by atoms with Gasteiger partial charge in [0.2, 0.25) is 0 Å². The molecule has 0 amide bonds. The van der Waals surface area contributed by atoms with E-state index in [2.05, 4.69) is 6.58 Å². The summed E-state index contributed by atoms with van der Waals surface area (Å²) in [7, 11) is 0. The van der Waals surface area contributed by atoms with E-state index in [1.54, 1.807) is 0 Å². The van der Waals surface area contributed by atoms with Crippen molar-refractivity contribution < 1.29 is 5.11 Å². The third kappa shape index (κ3) is 1.83. The highest BCUT2D eigenvalue weighted by Crippen LogP contribution is 2.24. The Morgan fingerprint density at radius 2 is 2.22 bits per heavy atom. The minimum absolute atomic E-state index is 0.0539. The molecule has 52 valence electrons.